The summed E-state index contributed by atoms with van der Waals surface area (Å²) in [5.74, 6) is 1.71. The molecular weight excluding hydrogens is 232 g/mol. The van der Waals surface area contributed by atoms with E-state index in [9.17, 15) is 0 Å². The number of rotatable bonds is 5. The molecule has 0 bridgehead atoms. The van der Waals surface area contributed by atoms with Gasteiger partial charge >= 0.3 is 0 Å². The van der Waals surface area contributed by atoms with Crippen molar-refractivity contribution in [3.8, 4) is 0 Å². The van der Waals surface area contributed by atoms with Gasteiger partial charge in [0.25, 0.3) is 0 Å². The van der Waals surface area contributed by atoms with Gasteiger partial charge in [-0.25, -0.2) is 4.98 Å². The number of para-hydroxylation sites is 1. The molecule has 17 heavy (non-hydrogen) atoms. The molecular formula is C14H17ClN2. The van der Waals surface area contributed by atoms with E-state index in [0.717, 1.165) is 36.6 Å². The molecule has 2 aromatic rings. The second kappa shape index (κ2) is 5.87. The fourth-order valence-electron chi connectivity index (χ4n) is 1.83. The third-order valence-electron chi connectivity index (χ3n) is 2.77. The summed E-state index contributed by atoms with van der Waals surface area (Å²) in [5, 5.41) is 4.56. The molecule has 0 amide bonds. The Hall–Kier alpha value is -1.28. The minimum absolute atomic E-state index is 0.728. The number of pyridine rings is 1. The molecule has 90 valence electrons. The van der Waals surface area contributed by atoms with Crippen molar-refractivity contribution in [3.05, 3.63) is 35.9 Å². The van der Waals surface area contributed by atoms with E-state index in [2.05, 4.69) is 29.4 Å². The predicted octanol–water partition coefficient (Wildman–Crippen LogP) is 3.97. The van der Waals surface area contributed by atoms with Crippen LogP contribution in [0.1, 0.15) is 18.4 Å². The Balaban J connectivity index is 2.14. The summed E-state index contributed by atoms with van der Waals surface area (Å²) < 4.78 is 0. The Morgan fingerprint density at radius 1 is 1.24 bits per heavy atom. The van der Waals surface area contributed by atoms with Crippen LogP contribution >= 0.6 is 11.6 Å². The summed E-state index contributed by atoms with van der Waals surface area (Å²) in [6.45, 7) is 3.02. The standard InChI is InChI=1S/C14H17ClN2/c1-11-10-12-6-2-3-7-13(12)17-14(11)16-9-5-4-8-15/h2-3,6-7,10H,4-5,8-9H2,1H3,(H,16,17). The lowest BCUT2D eigenvalue weighted by atomic mass is 10.1. The van der Waals surface area contributed by atoms with E-state index < -0.39 is 0 Å². The number of hydrogen-bond donors (Lipinski definition) is 1. The molecule has 0 saturated heterocycles. The summed E-state index contributed by atoms with van der Waals surface area (Å²) in [6, 6.07) is 10.4. The molecule has 0 aliphatic carbocycles. The second-order valence-electron chi connectivity index (χ2n) is 4.17. The van der Waals surface area contributed by atoms with E-state index in [4.69, 9.17) is 11.6 Å². The number of aromatic nitrogens is 1. The number of aryl methyl sites for hydroxylation is 1. The highest BCUT2D eigenvalue weighted by atomic mass is 35.5. The maximum Gasteiger partial charge on any atom is 0.129 e. The number of nitrogens with zero attached hydrogens (tertiary/aromatic N) is 1. The van der Waals surface area contributed by atoms with E-state index in [1.54, 1.807) is 0 Å². The molecule has 0 unspecified atom stereocenters. The van der Waals surface area contributed by atoms with Crippen molar-refractivity contribution in [2.45, 2.75) is 19.8 Å². The molecule has 3 heteroatoms. The largest absolute Gasteiger partial charge is 0.370 e. The van der Waals surface area contributed by atoms with Crippen LogP contribution in [-0.4, -0.2) is 17.4 Å². The zero-order valence-corrected chi connectivity index (χ0v) is 10.8. The summed E-state index contributed by atoms with van der Waals surface area (Å²) in [6.07, 6.45) is 2.12. The molecule has 2 rings (SSSR count). The molecule has 1 N–H and O–H groups in total. The highest BCUT2D eigenvalue weighted by molar-refractivity contribution is 6.17. The van der Waals surface area contributed by atoms with Gasteiger partial charge in [0.2, 0.25) is 0 Å². The molecule has 1 aromatic carbocycles. The monoisotopic (exact) mass is 248 g/mol. The first kappa shape index (κ1) is 12.2. The van der Waals surface area contributed by atoms with Crippen molar-refractivity contribution in [1.82, 2.24) is 4.98 Å². The molecule has 2 nitrogen and oxygen atoms in total. The number of alkyl halides is 1. The number of nitrogens with one attached hydrogen (secondary N) is 1. The van der Waals surface area contributed by atoms with Crippen LogP contribution in [-0.2, 0) is 0 Å². The smallest absolute Gasteiger partial charge is 0.129 e. The molecule has 0 saturated carbocycles. The summed E-state index contributed by atoms with van der Waals surface area (Å²) >= 11 is 5.65. The number of hydrogen-bond acceptors (Lipinski definition) is 2. The van der Waals surface area contributed by atoms with Crippen LogP contribution in [0.3, 0.4) is 0 Å². The topological polar surface area (TPSA) is 24.9 Å². The third kappa shape index (κ3) is 3.10. The van der Waals surface area contributed by atoms with Gasteiger partial charge in [-0.3, -0.25) is 0 Å². The molecule has 1 aromatic heterocycles. The zero-order chi connectivity index (χ0) is 12.1. The molecule has 0 fully saturated rings. The van der Waals surface area contributed by atoms with Crippen LogP contribution in [0.15, 0.2) is 30.3 Å². The number of fused-ring (bicyclic) bond motifs is 1. The van der Waals surface area contributed by atoms with Crippen LogP contribution in [0.5, 0.6) is 0 Å². The Labute approximate surface area is 107 Å². The van der Waals surface area contributed by atoms with Crippen molar-refractivity contribution in [1.29, 1.82) is 0 Å². The molecule has 0 aliphatic rings. The maximum absolute atomic E-state index is 5.65. The first-order valence-electron chi connectivity index (χ1n) is 5.97. The predicted molar refractivity (Wildman–Crippen MR) is 74.9 cm³/mol. The van der Waals surface area contributed by atoms with Crippen molar-refractivity contribution in [2.75, 3.05) is 17.7 Å². The number of benzene rings is 1. The lowest BCUT2D eigenvalue weighted by Gasteiger charge is -2.09. The van der Waals surface area contributed by atoms with Gasteiger partial charge in [-0.15, -0.1) is 11.6 Å². The van der Waals surface area contributed by atoms with Gasteiger partial charge in [0.15, 0.2) is 0 Å². The third-order valence-corrected chi connectivity index (χ3v) is 3.03. The van der Waals surface area contributed by atoms with Crippen molar-refractivity contribution in [3.63, 3.8) is 0 Å². The molecule has 0 atom stereocenters. The normalized spacial score (nSPS) is 10.7. The molecule has 1 heterocycles. The fourth-order valence-corrected chi connectivity index (χ4v) is 2.02. The van der Waals surface area contributed by atoms with E-state index in [0.29, 0.717) is 0 Å². The highest BCUT2D eigenvalue weighted by Crippen LogP contribution is 2.19. The van der Waals surface area contributed by atoms with Gasteiger partial charge < -0.3 is 5.32 Å². The van der Waals surface area contributed by atoms with Crippen molar-refractivity contribution >= 4 is 28.3 Å². The Bertz CT molecular complexity index is 497. The van der Waals surface area contributed by atoms with Crippen LogP contribution < -0.4 is 5.32 Å². The average Bonchev–Trinajstić information content (AvgIpc) is 2.35. The van der Waals surface area contributed by atoms with Gasteiger partial charge in [-0.05, 0) is 37.5 Å². The first-order chi connectivity index (χ1) is 8.31. The van der Waals surface area contributed by atoms with Crippen LogP contribution in [0.2, 0.25) is 0 Å². The first-order valence-corrected chi connectivity index (χ1v) is 6.51. The zero-order valence-electron chi connectivity index (χ0n) is 10.0. The lowest BCUT2D eigenvalue weighted by Crippen LogP contribution is -2.05. The van der Waals surface area contributed by atoms with E-state index in [-0.39, 0.29) is 0 Å². The van der Waals surface area contributed by atoms with Gasteiger partial charge in [-0.1, -0.05) is 18.2 Å². The van der Waals surface area contributed by atoms with Gasteiger partial charge in [0, 0.05) is 17.8 Å². The van der Waals surface area contributed by atoms with E-state index in [1.807, 2.05) is 18.2 Å². The number of halogens is 1. The van der Waals surface area contributed by atoms with Crippen molar-refractivity contribution in [2.24, 2.45) is 0 Å². The summed E-state index contributed by atoms with van der Waals surface area (Å²) in [4.78, 5) is 4.63. The Kier molecular flexibility index (Phi) is 4.21. The number of anilines is 1. The summed E-state index contributed by atoms with van der Waals surface area (Å²) in [7, 11) is 0. The second-order valence-corrected chi connectivity index (χ2v) is 4.55. The molecule has 0 spiro atoms. The lowest BCUT2D eigenvalue weighted by molar-refractivity contribution is 0.836. The molecule has 0 aliphatic heterocycles. The van der Waals surface area contributed by atoms with Gasteiger partial charge in [0.05, 0.1) is 5.52 Å². The Morgan fingerprint density at radius 3 is 2.88 bits per heavy atom. The molecule has 0 radical (unpaired) electrons. The Morgan fingerprint density at radius 2 is 2.06 bits per heavy atom. The minimum atomic E-state index is 0.728. The average molecular weight is 249 g/mol. The SMILES string of the molecule is Cc1cc2ccccc2nc1NCCCCCl. The van der Waals surface area contributed by atoms with Crippen LogP contribution in [0, 0.1) is 6.92 Å². The van der Waals surface area contributed by atoms with Gasteiger partial charge in [-0.2, -0.15) is 0 Å². The van der Waals surface area contributed by atoms with Crippen molar-refractivity contribution < 1.29 is 0 Å². The highest BCUT2D eigenvalue weighted by Gasteiger charge is 2.02. The van der Waals surface area contributed by atoms with Gasteiger partial charge in [0.1, 0.15) is 5.82 Å². The summed E-state index contributed by atoms with van der Waals surface area (Å²) in [5.41, 5.74) is 2.23. The van der Waals surface area contributed by atoms with E-state index >= 15 is 0 Å². The van der Waals surface area contributed by atoms with Crippen LogP contribution in [0.25, 0.3) is 10.9 Å². The van der Waals surface area contributed by atoms with Crippen LogP contribution in [0.4, 0.5) is 5.82 Å². The minimum Gasteiger partial charge on any atom is -0.370 e. The maximum atomic E-state index is 5.65. The number of unbranched alkanes of at least 4 members (excludes halogenated alkanes) is 1. The van der Waals surface area contributed by atoms with E-state index in [1.165, 1.54) is 10.9 Å². The fraction of sp³-hybridized carbons (Fsp3) is 0.357. The quantitative estimate of drug-likeness (QED) is 0.640.